The van der Waals surface area contributed by atoms with E-state index in [0.29, 0.717) is 22.9 Å². The molecule has 2 fully saturated rings. The van der Waals surface area contributed by atoms with Crippen molar-refractivity contribution in [2.75, 3.05) is 6.61 Å². The number of Topliss-reactive ketones (excluding diaryl/α,β-unsaturated/α-hetero) is 1. The van der Waals surface area contributed by atoms with Crippen LogP contribution in [0.2, 0.25) is 5.02 Å². The van der Waals surface area contributed by atoms with Crippen LogP contribution in [0.4, 0.5) is 0 Å². The summed E-state index contributed by atoms with van der Waals surface area (Å²) in [4.78, 5) is 28.1. The number of aliphatic hydroxyl groups is 1. The molecule has 2 aromatic rings. The highest BCUT2D eigenvalue weighted by Crippen LogP contribution is 2.43. The van der Waals surface area contributed by atoms with Crippen LogP contribution in [0.1, 0.15) is 62.6 Å². The maximum Gasteiger partial charge on any atom is 0.295 e. The first-order chi connectivity index (χ1) is 15.5. The predicted octanol–water partition coefficient (Wildman–Crippen LogP) is 5.88. The van der Waals surface area contributed by atoms with Gasteiger partial charge in [0, 0.05) is 16.6 Å². The van der Waals surface area contributed by atoms with Gasteiger partial charge in [-0.05, 0) is 49.1 Å². The lowest BCUT2D eigenvalue weighted by molar-refractivity contribution is -0.141. The highest BCUT2D eigenvalue weighted by Gasteiger charge is 2.48. The van der Waals surface area contributed by atoms with Gasteiger partial charge in [-0.15, -0.1) is 0 Å². The molecule has 1 saturated heterocycles. The maximum absolute atomic E-state index is 13.2. The smallest absolute Gasteiger partial charge is 0.295 e. The van der Waals surface area contributed by atoms with E-state index in [9.17, 15) is 14.7 Å². The molecule has 0 bridgehead atoms. The molecule has 1 N–H and O–H groups in total. The van der Waals surface area contributed by atoms with Gasteiger partial charge in [-0.2, -0.15) is 0 Å². The number of carbonyl (C=O) groups excluding carboxylic acids is 2. The average molecular weight is 454 g/mol. The fourth-order valence-electron chi connectivity index (χ4n) is 4.67. The molecule has 1 heterocycles. The topological polar surface area (TPSA) is 66.8 Å². The van der Waals surface area contributed by atoms with Crippen molar-refractivity contribution in [2.24, 2.45) is 0 Å². The first-order valence-electron chi connectivity index (χ1n) is 11.3. The fourth-order valence-corrected chi connectivity index (χ4v) is 4.79. The van der Waals surface area contributed by atoms with Gasteiger partial charge in [0.1, 0.15) is 11.5 Å². The summed E-state index contributed by atoms with van der Waals surface area (Å²) in [5.41, 5.74) is 1.34. The van der Waals surface area contributed by atoms with Crippen LogP contribution >= 0.6 is 11.6 Å². The molecule has 1 aliphatic carbocycles. The van der Waals surface area contributed by atoms with Gasteiger partial charge in [0.25, 0.3) is 11.7 Å². The molecule has 4 rings (SSSR count). The number of ketones is 1. The Morgan fingerprint density at radius 1 is 1.09 bits per heavy atom. The van der Waals surface area contributed by atoms with Gasteiger partial charge in [0.2, 0.25) is 0 Å². The average Bonchev–Trinajstić information content (AvgIpc) is 3.09. The Kier molecular flexibility index (Phi) is 6.85. The Morgan fingerprint density at radius 2 is 1.81 bits per heavy atom. The molecule has 32 heavy (non-hydrogen) atoms. The zero-order valence-electron chi connectivity index (χ0n) is 18.2. The summed E-state index contributed by atoms with van der Waals surface area (Å²) in [5.74, 6) is -0.756. The molecule has 0 aromatic heterocycles. The third-order valence-electron chi connectivity index (χ3n) is 6.21. The first-order valence-corrected chi connectivity index (χ1v) is 11.7. The standard InChI is InChI=1S/C26H28ClNO4/c1-2-15-32-21-10-6-7-18(16-21)24(29)22-23(17-11-13-19(27)14-12-17)28(26(31)25(22)30)20-8-4-3-5-9-20/h6-7,10-14,16,20,23,29H,2-5,8-9,15H2,1H3/b24-22-. The van der Waals surface area contributed by atoms with Gasteiger partial charge >= 0.3 is 0 Å². The van der Waals surface area contributed by atoms with Crippen LogP contribution in [0.3, 0.4) is 0 Å². The molecule has 1 amide bonds. The van der Waals surface area contributed by atoms with Crippen LogP contribution in [0.5, 0.6) is 5.75 Å². The SMILES string of the molecule is CCCOc1cccc(/C(O)=C2/C(=O)C(=O)N(C3CCCCC3)C2c2ccc(Cl)cc2)c1. The number of hydrogen-bond donors (Lipinski definition) is 1. The fraction of sp³-hybridized carbons (Fsp3) is 0.385. The van der Waals surface area contributed by atoms with E-state index in [-0.39, 0.29) is 17.4 Å². The van der Waals surface area contributed by atoms with Crippen molar-refractivity contribution in [3.05, 3.63) is 70.3 Å². The lowest BCUT2D eigenvalue weighted by Gasteiger charge is -2.35. The molecule has 2 aliphatic rings. The van der Waals surface area contributed by atoms with Gasteiger partial charge in [-0.3, -0.25) is 9.59 Å². The van der Waals surface area contributed by atoms with Crippen LogP contribution in [0.25, 0.3) is 5.76 Å². The van der Waals surface area contributed by atoms with E-state index in [1.165, 1.54) is 0 Å². The Hall–Kier alpha value is -2.79. The summed E-state index contributed by atoms with van der Waals surface area (Å²) in [7, 11) is 0. The van der Waals surface area contributed by atoms with Crippen LogP contribution in [-0.2, 0) is 9.59 Å². The van der Waals surface area contributed by atoms with Gasteiger partial charge in [0.15, 0.2) is 0 Å². The zero-order chi connectivity index (χ0) is 22.7. The molecule has 0 spiro atoms. The molecule has 2 aromatic carbocycles. The third kappa shape index (κ3) is 4.40. The summed E-state index contributed by atoms with van der Waals surface area (Å²) in [6.45, 7) is 2.57. The summed E-state index contributed by atoms with van der Waals surface area (Å²) in [5, 5.41) is 11.8. The lowest BCUT2D eigenvalue weighted by Crippen LogP contribution is -2.40. The Labute approximate surface area is 193 Å². The van der Waals surface area contributed by atoms with Crippen LogP contribution in [-0.4, -0.2) is 34.3 Å². The molecule has 1 unspecified atom stereocenters. The van der Waals surface area contributed by atoms with Gasteiger partial charge in [-0.1, -0.05) is 62.1 Å². The van der Waals surface area contributed by atoms with Crippen molar-refractivity contribution in [1.29, 1.82) is 0 Å². The summed E-state index contributed by atoms with van der Waals surface area (Å²) in [6, 6.07) is 13.5. The first kappa shape index (κ1) is 22.4. The summed E-state index contributed by atoms with van der Waals surface area (Å²) in [6.07, 6.45) is 5.76. The van der Waals surface area contributed by atoms with Crippen molar-refractivity contribution in [3.63, 3.8) is 0 Å². The number of rotatable bonds is 6. The van der Waals surface area contributed by atoms with E-state index >= 15 is 0 Å². The van der Waals surface area contributed by atoms with Gasteiger partial charge in [0.05, 0.1) is 18.2 Å². The maximum atomic E-state index is 13.2. The number of ether oxygens (including phenoxy) is 1. The van der Waals surface area contributed by atoms with Crippen LogP contribution in [0.15, 0.2) is 54.1 Å². The quantitative estimate of drug-likeness (QED) is 0.336. The van der Waals surface area contributed by atoms with Crippen LogP contribution < -0.4 is 4.74 Å². The number of benzene rings is 2. The highest BCUT2D eigenvalue weighted by atomic mass is 35.5. The van der Waals surface area contributed by atoms with E-state index in [4.69, 9.17) is 16.3 Å². The monoisotopic (exact) mass is 453 g/mol. The Morgan fingerprint density at radius 3 is 2.50 bits per heavy atom. The van der Waals surface area contributed by atoms with Crippen molar-refractivity contribution in [2.45, 2.75) is 57.5 Å². The molecule has 1 atom stereocenters. The Balaban J connectivity index is 1.81. The molecule has 1 saturated carbocycles. The molecule has 1 aliphatic heterocycles. The third-order valence-corrected chi connectivity index (χ3v) is 6.47. The number of aliphatic hydroxyl groups excluding tert-OH is 1. The van der Waals surface area contributed by atoms with Gasteiger partial charge in [-0.25, -0.2) is 0 Å². The minimum absolute atomic E-state index is 0.0228. The number of amides is 1. The minimum atomic E-state index is -0.645. The predicted molar refractivity (Wildman–Crippen MR) is 125 cm³/mol. The lowest BCUT2D eigenvalue weighted by atomic mass is 9.91. The number of nitrogens with zero attached hydrogens (tertiary/aromatic N) is 1. The summed E-state index contributed by atoms with van der Waals surface area (Å²) < 4.78 is 5.69. The van der Waals surface area contributed by atoms with Crippen molar-refractivity contribution in [1.82, 2.24) is 4.90 Å². The normalized spacial score (nSPS) is 21.2. The molecular formula is C26H28ClNO4. The zero-order valence-corrected chi connectivity index (χ0v) is 19.0. The number of hydrogen-bond acceptors (Lipinski definition) is 4. The van der Waals surface area contributed by atoms with Crippen LogP contribution in [0, 0.1) is 0 Å². The van der Waals surface area contributed by atoms with E-state index in [1.807, 2.05) is 25.1 Å². The molecule has 6 heteroatoms. The number of likely N-dealkylation sites (tertiary alicyclic amines) is 1. The van der Waals surface area contributed by atoms with E-state index in [0.717, 1.165) is 44.1 Å². The van der Waals surface area contributed by atoms with E-state index in [2.05, 4.69) is 0 Å². The second kappa shape index (κ2) is 9.78. The van der Waals surface area contributed by atoms with E-state index < -0.39 is 17.7 Å². The Bertz CT molecular complexity index is 1020. The van der Waals surface area contributed by atoms with Gasteiger partial charge < -0.3 is 14.7 Å². The molecular weight excluding hydrogens is 426 g/mol. The second-order valence-electron chi connectivity index (χ2n) is 8.43. The molecule has 0 radical (unpaired) electrons. The van der Waals surface area contributed by atoms with Crippen molar-refractivity contribution < 1.29 is 19.4 Å². The van der Waals surface area contributed by atoms with E-state index in [1.54, 1.807) is 35.2 Å². The molecule has 5 nitrogen and oxygen atoms in total. The van der Waals surface area contributed by atoms with Crippen molar-refractivity contribution in [3.8, 4) is 5.75 Å². The second-order valence-corrected chi connectivity index (χ2v) is 8.86. The summed E-state index contributed by atoms with van der Waals surface area (Å²) >= 11 is 6.09. The molecule has 168 valence electrons. The number of halogens is 1. The van der Waals surface area contributed by atoms with Crippen molar-refractivity contribution >= 4 is 29.1 Å². The number of carbonyl (C=O) groups is 2. The highest BCUT2D eigenvalue weighted by molar-refractivity contribution is 6.46. The minimum Gasteiger partial charge on any atom is -0.507 e. The largest absolute Gasteiger partial charge is 0.507 e.